The third-order valence-electron chi connectivity index (χ3n) is 3.51. The molecule has 0 saturated carbocycles. The third-order valence-corrected chi connectivity index (χ3v) is 3.51. The first-order valence-electron chi connectivity index (χ1n) is 6.89. The summed E-state index contributed by atoms with van der Waals surface area (Å²) in [5.41, 5.74) is 5.13. The molecule has 0 saturated heterocycles. The normalized spacial score (nSPS) is 12.2. The van der Waals surface area contributed by atoms with Gasteiger partial charge < -0.3 is 10.1 Å². The van der Waals surface area contributed by atoms with E-state index in [-0.39, 0.29) is 0 Å². The van der Waals surface area contributed by atoms with Gasteiger partial charge in [0.25, 0.3) is 0 Å². The van der Waals surface area contributed by atoms with Gasteiger partial charge in [0.15, 0.2) is 0 Å². The lowest BCUT2D eigenvalue weighted by molar-refractivity contribution is 0.397. The maximum absolute atomic E-state index is 5.06. The molecule has 0 spiro atoms. The summed E-state index contributed by atoms with van der Waals surface area (Å²) in [6.45, 7) is 7.27. The predicted octanol–water partition coefficient (Wildman–Crippen LogP) is 3.56. The monoisotopic (exact) mass is 270 g/mol. The number of pyridine rings is 1. The Hall–Kier alpha value is -1.87. The molecule has 1 unspecified atom stereocenters. The molecule has 1 heterocycles. The van der Waals surface area contributed by atoms with Gasteiger partial charge in [0.05, 0.1) is 7.11 Å². The van der Waals surface area contributed by atoms with Crippen molar-refractivity contribution >= 4 is 0 Å². The third kappa shape index (κ3) is 3.58. The van der Waals surface area contributed by atoms with Crippen LogP contribution < -0.4 is 10.1 Å². The van der Waals surface area contributed by atoms with Crippen LogP contribution in [0.4, 0.5) is 0 Å². The van der Waals surface area contributed by atoms with E-state index >= 15 is 0 Å². The Morgan fingerprint density at radius 3 is 2.60 bits per heavy atom. The average Bonchev–Trinajstić information content (AvgIpc) is 2.45. The van der Waals surface area contributed by atoms with Crippen LogP contribution in [0.3, 0.4) is 0 Å². The Labute approximate surface area is 121 Å². The Balaban J connectivity index is 1.98. The minimum atomic E-state index is 0.317. The van der Waals surface area contributed by atoms with E-state index in [9.17, 15) is 0 Å². The van der Waals surface area contributed by atoms with Gasteiger partial charge in [0.2, 0.25) is 5.88 Å². The molecule has 0 amide bonds. The molecule has 0 aliphatic rings. The number of nitrogens with one attached hydrogen (secondary N) is 1. The van der Waals surface area contributed by atoms with Crippen molar-refractivity contribution < 1.29 is 4.74 Å². The second kappa shape index (κ2) is 6.53. The molecule has 2 aromatic rings. The maximum Gasteiger partial charge on any atom is 0.212 e. The molecule has 3 nitrogen and oxygen atoms in total. The van der Waals surface area contributed by atoms with E-state index < -0.39 is 0 Å². The van der Waals surface area contributed by atoms with E-state index in [2.05, 4.69) is 49.3 Å². The van der Waals surface area contributed by atoms with Crippen molar-refractivity contribution in [3.8, 4) is 5.88 Å². The maximum atomic E-state index is 5.06. The zero-order valence-electron chi connectivity index (χ0n) is 12.6. The molecular formula is C17H22N2O. The van der Waals surface area contributed by atoms with Crippen molar-refractivity contribution in [2.45, 2.75) is 33.4 Å². The van der Waals surface area contributed by atoms with Crippen LogP contribution in [0.5, 0.6) is 5.88 Å². The van der Waals surface area contributed by atoms with Gasteiger partial charge >= 0.3 is 0 Å². The highest BCUT2D eigenvalue weighted by molar-refractivity contribution is 5.32. The van der Waals surface area contributed by atoms with Gasteiger partial charge in [-0.3, -0.25) is 0 Å². The molecule has 0 bridgehead atoms. The lowest BCUT2D eigenvalue weighted by Gasteiger charge is -2.17. The van der Waals surface area contributed by atoms with Crippen molar-refractivity contribution in [2.75, 3.05) is 7.11 Å². The highest BCUT2D eigenvalue weighted by Crippen LogP contribution is 2.19. The highest BCUT2D eigenvalue weighted by atomic mass is 16.5. The van der Waals surface area contributed by atoms with Crippen LogP contribution in [0.2, 0.25) is 0 Å². The van der Waals surface area contributed by atoms with Crippen molar-refractivity contribution in [3.63, 3.8) is 0 Å². The first-order chi connectivity index (χ1) is 9.60. The summed E-state index contributed by atoms with van der Waals surface area (Å²) in [4.78, 5) is 4.21. The van der Waals surface area contributed by atoms with Crippen molar-refractivity contribution in [1.82, 2.24) is 10.3 Å². The fourth-order valence-electron chi connectivity index (χ4n) is 2.33. The molecule has 1 atom stereocenters. The molecule has 3 heteroatoms. The van der Waals surface area contributed by atoms with Crippen LogP contribution in [-0.2, 0) is 6.54 Å². The highest BCUT2D eigenvalue weighted by Gasteiger charge is 2.08. The molecule has 1 aromatic heterocycles. The average molecular weight is 270 g/mol. The standard InChI is InChI=1S/C17H22N2O/c1-12-5-7-16(13(2)9-12)14(3)18-10-15-6-8-17(20-4)19-11-15/h5-9,11,14,18H,10H2,1-4H3. The molecule has 1 N–H and O–H groups in total. The van der Waals surface area contributed by atoms with Crippen molar-refractivity contribution in [1.29, 1.82) is 0 Å². The van der Waals surface area contributed by atoms with Gasteiger partial charge in [-0.1, -0.05) is 29.8 Å². The lowest BCUT2D eigenvalue weighted by atomic mass is 10.0. The fraction of sp³-hybridized carbons (Fsp3) is 0.353. The Bertz CT molecular complexity index is 564. The van der Waals surface area contributed by atoms with Crippen LogP contribution in [-0.4, -0.2) is 12.1 Å². The Morgan fingerprint density at radius 2 is 2.00 bits per heavy atom. The first kappa shape index (κ1) is 14.5. The van der Waals surface area contributed by atoms with Gasteiger partial charge in [0, 0.05) is 24.8 Å². The number of benzene rings is 1. The number of nitrogens with zero attached hydrogens (tertiary/aromatic N) is 1. The van der Waals surface area contributed by atoms with Crippen LogP contribution in [0.15, 0.2) is 36.5 Å². The Kier molecular flexibility index (Phi) is 4.74. The molecule has 1 aromatic carbocycles. The zero-order valence-corrected chi connectivity index (χ0v) is 12.6. The number of hydrogen-bond donors (Lipinski definition) is 1. The number of rotatable bonds is 5. The quantitative estimate of drug-likeness (QED) is 0.902. The van der Waals surface area contributed by atoms with E-state index in [1.165, 1.54) is 16.7 Å². The number of aryl methyl sites for hydroxylation is 2. The SMILES string of the molecule is COc1ccc(CNC(C)c2ccc(C)cc2C)cn1. The number of aromatic nitrogens is 1. The Morgan fingerprint density at radius 1 is 1.20 bits per heavy atom. The molecule has 20 heavy (non-hydrogen) atoms. The topological polar surface area (TPSA) is 34.1 Å². The largest absolute Gasteiger partial charge is 0.481 e. The molecule has 0 aliphatic carbocycles. The molecule has 0 fully saturated rings. The number of methoxy groups -OCH3 is 1. The predicted molar refractivity (Wildman–Crippen MR) is 82.0 cm³/mol. The van der Waals surface area contributed by atoms with Gasteiger partial charge in [-0.25, -0.2) is 4.98 Å². The number of hydrogen-bond acceptors (Lipinski definition) is 3. The number of ether oxygens (including phenoxy) is 1. The van der Waals surface area contributed by atoms with Crippen molar-refractivity contribution in [3.05, 3.63) is 58.8 Å². The smallest absolute Gasteiger partial charge is 0.212 e. The first-order valence-corrected chi connectivity index (χ1v) is 6.89. The van der Waals surface area contributed by atoms with E-state index in [1.54, 1.807) is 7.11 Å². The summed E-state index contributed by atoms with van der Waals surface area (Å²) in [6.07, 6.45) is 1.85. The zero-order chi connectivity index (χ0) is 14.5. The van der Waals surface area contributed by atoms with Gasteiger partial charge in [-0.2, -0.15) is 0 Å². The van der Waals surface area contributed by atoms with Crippen LogP contribution in [0.1, 0.15) is 35.2 Å². The summed E-state index contributed by atoms with van der Waals surface area (Å²) < 4.78 is 5.06. The minimum absolute atomic E-state index is 0.317. The van der Waals surface area contributed by atoms with E-state index in [0.29, 0.717) is 11.9 Å². The fourth-order valence-corrected chi connectivity index (χ4v) is 2.33. The molecule has 0 radical (unpaired) electrons. The van der Waals surface area contributed by atoms with Gasteiger partial charge in [-0.05, 0) is 37.5 Å². The summed E-state index contributed by atoms with van der Waals surface area (Å²) >= 11 is 0. The van der Waals surface area contributed by atoms with Gasteiger partial charge in [0.1, 0.15) is 0 Å². The van der Waals surface area contributed by atoms with E-state index in [4.69, 9.17) is 4.74 Å². The van der Waals surface area contributed by atoms with Crippen molar-refractivity contribution in [2.24, 2.45) is 0 Å². The molecular weight excluding hydrogens is 248 g/mol. The van der Waals surface area contributed by atoms with E-state index in [0.717, 1.165) is 12.1 Å². The second-order valence-electron chi connectivity index (χ2n) is 5.17. The second-order valence-corrected chi connectivity index (χ2v) is 5.17. The van der Waals surface area contributed by atoms with Crippen LogP contribution >= 0.6 is 0 Å². The summed E-state index contributed by atoms with van der Waals surface area (Å²) in [6, 6.07) is 10.8. The summed E-state index contributed by atoms with van der Waals surface area (Å²) in [5, 5.41) is 3.53. The molecule has 0 aliphatic heterocycles. The van der Waals surface area contributed by atoms with Crippen LogP contribution in [0, 0.1) is 13.8 Å². The van der Waals surface area contributed by atoms with Crippen LogP contribution in [0.25, 0.3) is 0 Å². The molecule has 2 rings (SSSR count). The van der Waals surface area contributed by atoms with E-state index in [1.807, 2.05) is 18.3 Å². The minimum Gasteiger partial charge on any atom is -0.481 e. The summed E-state index contributed by atoms with van der Waals surface area (Å²) in [5.74, 6) is 0.649. The van der Waals surface area contributed by atoms with Gasteiger partial charge in [-0.15, -0.1) is 0 Å². The molecule has 106 valence electrons. The summed E-state index contributed by atoms with van der Waals surface area (Å²) in [7, 11) is 1.63. The lowest BCUT2D eigenvalue weighted by Crippen LogP contribution is -2.19.